The molecule has 2 aromatic carbocycles. The van der Waals surface area contributed by atoms with Crippen LogP contribution in [0.1, 0.15) is 21.5 Å². The van der Waals surface area contributed by atoms with Gasteiger partial charge in [-0.1, -0.05) is 22.7 Å². The lowest BCUT2D eigenvalue weighted by molar-refractivity contribution is -0.116. The first-order valence-electron chi connectivity index (χ1n) is 8.82. The number of likely N-dealkylation sites (N-methyl/N-ethyl adjacent to an activating group) is 1. The van der Waals surface area contributed by atoms with Crippen LogP contribution in [0.5, 0.6) is 0 Å². The zero-order valence-corrected chi connectivity index (χ0v) is 17.9. The van der Waals surface area contributed by atoms with Gasteiger partial charge in [0.15, 0.2) is 0 Å². The first-order chi connectivity index (χ1) is 13.6. The van der Waals surface area contributed by atoms with Crippen LogP contribution in [0.4, 0.5) is 5.69 Å². The maximum atomic E-state index is 12.7. The molecule has 0 aliphatic rings. The van der Waals surface area contributed by atoms with Crippen molar-refractivity contribution < 1.29 is 22.8 Å². The van der Waals surface area contributed by atoms with Crippen molar-refractivity contribution in [2.75, 3.05) is 33.1 Å². The second-order valence-electron chi connectivity index (χ2n) is 6.65. The van der Waals surface area contributed by atoms with Crippen LogP contribution in [0.3, 0.4) is 0 Å². The highest BCUT2D eigenvalue weighted by atomic mass is 32.2. The Labute approximate surface area is 171 Å². The topological polar surface area (TPSA) is 96.0 Å². The third kappa shape index (κ3) is 5.41. The largest absolute Gasteiger partial charge is 0.332 e. The van der Waals surface area contributed by atoms with Gasteiger partial charge in [-0.3, -0.25) is 14.4 Å². The lowest BCUT2D eigenvalue weighted by Crippen LogP contribution is -2.35. The molecule has 0 aliphatic heterocycles. The molecule has 9 heteroatoms. The Morgan fingerprint density at radius 3 is 2.41 bits per heavy atom. The lowest BCUT2D eigenvalue weighted by atomic mass is 10.1. The predicted molar refractivity (Wildman–Crippen MR) is 110 cm³/mol. The van der Waals surface area contributed by atoms with Crippen molar-refractivity contribution >= 4 is 27.5 Å². The van der Waals surface area contributed by atoms with Crippen LogP contribution in [-0.4, -0.2) is 57.4 Å². The third-order valence-corrected chi connectivity index (χ3v) is 6.04. The molecule has 8 nitrogen and oxygen atoms in total. The Balaban J connectivity index is 2.13. The Bertz CT molecular complexity index is 1020. The van der Waals surface area contributed by atoms with Crippen LogP contribution in [0, 0.1) is 13.8 Å². The fourth-order valence-electron chi connectivity index (χ4n) is 2.60. The number of hydrogen-bond donors (Lipinski definition) is 1. The van der Waals surface area contributed by atoms with Crippen molar-refractivity contribution in [3.63, 3.8) is 0 Å². The normalized spacial score (nSPS) is 11.4. The summed E-state index contributed by atoms with van der Waals surface area (Å²) in [5.74, 6) is -0.823. The van der Waals surface area contributed by atoms with E-state index in [1.165, 1.54) is 50.4 Å². The number of nitrogens with one attached hydrogen (secondary N) is 1. The van der Waals surface area contributed by atoms with Gasteiger partial charge in [0.05, 0.1) is 18.6 Å². The average Bonchev–Trinajstić information content (AvgIpc) is 2.69. The molecular weight excluding hydrogens is 394 g/mol. The number of amides is 2. The highest BCUT2D eigenvalue weighted by Gasteiger charge is 2.23. The molecule has 0 heterocycles. The van der Waals surface area contributed by atoms with Crippen LogP contribution in [0.25, 0.3) is 0 Å². The van der Waals surface area contributed by atoms with E-state index in [9.17, 15) is 18.0 Å². The van der Waals surface area contributed by atoms with E-state index in [4.69, 9.17) is 4.84 Å². The molecule has 156 valence electrons. The van der Waals surface area contributed by atoms with Gasteiger partial charge >= 0.3 is 0 Å². The minimum absolute atomic E-state index is 0.0825. The van der Waals surface area contributed by atoms with Crippen molar-refractivity contribution in [1.29, 1.82) is 0 Å². The van der Waals surface area contributed by atoms with Gasteiger partial charge in [-0.25, -0.2) is 8.42 Å². The van der Waals surface area contributed by atoms with E-state index in [-0.39, 0.29) is 22.9 Å². The summed E-state index contributed by atoms with van der Waals surface area (Å²) < 4.78 is 25.4. The maximum Gasteiger partial charge on any atom is 0.264 e. The number of hydrogen-bond acceptors (Lipinski definition) is 5. The number of aryl methyl sites for hydroxylation is 2. The zero-order chi connectivity index (χ0) is 21.8. The Morgan fingerprint density at radius 1 is 1.07 bits per heavy atom. The molecule has 0 saturated heterocycles. The van der Waals surface area contributed by atoms with E-state index in [0.717, 1.165) is 11.1 Å². The summed E-state index contributed by atoms with van der Waals surface area (Å²) in [6, 6.07) is 11.3. The highest BCUT2D eigenvalue weighted by molar-refractivity contribution is 7.89. The molecule has 0 saturated carbocycles. The fourth-order valence-corrected chi connectivity index (χ4v) is 3.62. The van der Waals surface area contributed by atoms with Crippen LogP contribution in [-0.2, 0) is 19.7 Å². The van der Waals surface area contributed by atoms with Crippen molar-refractivity contribution in [1.82, 2.24) is 9.37 Å². The second kappa shape index (κ2) is 9.17. The smallest absolute Gasteiger partial charge is 0.264 e. The number of benzene rings is 2. The molecule has 0 aromatic heterocycles. The van der Waals surface area contributed by atoms with Crippen LogP contribution >= 0.6 is 0 Å². The first kappa shape index (κ1) is 22.5. The van der Waals surface area contributed by atoms with Crippen molar-refractivity contribution in [2.24, 2.45) is 0 Å². The van der Waals surface area contributed by atoms with Crippen molar-refractivity contribution in [3.05, 3.63) is 59.2 Å². The van der Waals surface area contributed by atoms with E-state index in [2.05, 4.69) is 5.32 Å². The second-order valence-corrected chi connectivity index (χ2v) is 8.59. The minimum Gasteiger partial charge on any atom is -0.332 e. The Kier molecular flexibility index (Phi) is 7.12. The van der Waals surface area contributed by atoms with Crippen LogP contribution in [0.2, 0.25) is 0 Å². The molecule has 2 aromatic rings. The predicted octanol–water partition coefficient (Wildman–Crippen LogP) is 2.20. The highest BCUT2D eigenvalue weighted by Crippen LogP contribution is 2.18. The van der Waals surface area contributed by atoms with E-state index >= 15 is 0 Å². The first-order valence-corrected chi connectivity index (χ1v) is 10.3. The van der Waals surface area contributed by atoms with Crippen molar-refractivity contribution in [2.45, 2.75) is 18.7 Å². The minimum atomic E-state index is -3.88. The van der Waals surface area contributed by atoms with Gasteiger partial charge in [0.2, 0.25) is 5.91 Å². The van der Waals surface area contributed by atoms with E-state index in [0.29, 0.717) is 10.2 Å². The molecule has 0 radical (unpaired) electrons. The van der Waals surface area contributed by atoms with Gasteiger partial charge in [0, 0.05) is 25.3 Å². The molecule has 1 N–H and O–H groups in total. The molecule has 0 bridgehead atoms. The molecular formula is C20H25N3O5S. The summed E-state index contributed by atoms with van der Waals surface area (Å²) in [7, 11) is 0.0859. The number of rotatable bonds is 7. The van der Waals surface area contributed by atoms with Gasteiger partial charge in [-0.15, -0.1) is 0 Å². The zero-order valence-electron chi connectivity index (χ0n) is 17.1. The molecule has 0 aliphatic carbocycles. The maximum absolute atomic E-state index is 12.7. The fraction of sp³-hybridized carbons (Fsp3) is 0.300. The summed E-state index contributed by atoms with van der Waals surface area (Å²) in [5, 5.41) is 2.79. The number of carbonyl (C=O) groups is 2. The Morgan fingerprint density at radius 2 is 1.76 bits per heavy atom. The summed E-state index contributed by atoms with van der Waals surface area (Å²) in [4.78, 5) is 30.9. The number of carbonyl (C=O) groups excluding carboxylic acids is 2. The van der Waals surface area contributed by atoms with Crippen molar-refractivity contribution in [3.8, 4) is 0 Å². The molecule has 29 heavy (non-hydrogen) atoms. The molecule has 0 atom stereocenters. The molecule has 0 spiro atoms. The summed E-state index contributed by atoms with van der Waals surface area (Å²) >= 11 is 0. The summed E-state index contributed by atoms with van der Waals surface area (Å²) in [5.41, 5.74) is 2.76. The number of sulfonamides is 1. The molecule has 2 rings (SSSR count). The monoisotopic (exact) mass is 419 g/mol. The van der Waals surface area contributed by atoms with Gasteiger partial charge in [-0.05, 0) is 49.2 Å². The molecule has 0 unspecified atom stereocenters. The average molecular weight is 420 g/mol. The van der Waals surface area contributed by atoms with Gasteiger partial charge < -0.3 is 10.2 Å². The van der Waals surface area contributed by atoms with Gasteiger partial charge in [-0.2, -0.15) is 0 Å². The summed E-state index contributed by atoms with van der Waals surface area (Å²) in [6.07, 6.45) is 0. The van der Waals surface area contributed by atoms with E-state index < -0.39 is 15.9 Å². The number of nitrogens with zero attached hydrogens (tertiary/aromatic N) is 2. The van der Waals surface area contributed by atoms with Crippen LogP contribution < -0.4 is 5.32 Å². The van der Waals surface area contributed by atoms with Gasteiger partial charge in [0.1, 0.15) is 0 Å². The van der Waals surface area contributed by atoms with E-state index in [1.807, 2.05) is 32.0 Å². The van der Waals surface area contributed by atoms with Crippen LogP contribution in [0.15, 0.2) is 47.4 Å². The SMILES string of the molecule is CON(C)S(=O)(=O)c1cccc(C(=O)N(C)CC(=O)Nc2cc(C)ccc2C)c1. The number of hydroxylamine groups is 1. The van der Waals surface area contributed by atoms with E-state index in [1.54, 1.807) is 0 Å². The Hall–Kier alpha value is -2.75. The third-order valence-electron chi connectivity index (χ3n) is 4.37. The summed E-state index contributed by atoms with van der Waals surface area (Å²) in [6.45, 7) is 3.63. The van der Waals surface area contributed by atoms with Gasteiger partial charge in [0.25, 0.3) is 15.9 Å². The quantitative estimate of drug-likeness (QED) is 0.694. The standard InChI is InChI=1S/C20H25N3O5S/c1-14-9-10-15(2)18(11-14)21-19(24)13-22(3)20(25)16-7-6-8-17(12-16)29(26,27)23(4)28-5/h6-12H,13H2,1-5H3,(H,21,24). The molecule has 2 amide bonds. The molecule has 0 fully saturated rings. The lowest BCUT2D eigenvalue weighted by Gasteiger charge is -2.19. The number of anilines is 1.